The molecule has 1 aromatic carbocycles. The molecule has 98 valence electrons. The molecule has 4 nitrogen and oxygen atoms in total. The molecule has 0 saturated carbocycles. The van der Waals surface area contributed by atoms with Gasteiger partial charge in [-0.05, 0) is 19.1 Å². The lowest BCUT2D eigenvalue weighted by atomic mass is 10.1. The molecule has 1 aliphatic rings. The number of Topliss-reactive ketones (excluding diaryl/α,β-unsaturated/α-hetero) is 1. The summed E-state index contributed by atoms with van der Waals surface area (Å²) >= 11 is 0. The third-order valence-electron chi connectivity index (χ3n) is 3.13. The number of nitrogens with zero attached hydrogens (tertiary/aromatic N) is 1. The molecule has 1 N–H and O–H groups in total. The van der Waals surface area contributed by atoms with Crippen LogP contribution in [-0.2, 0) is 0 Å². The molecule has 0 radical (unpaired) electrons. The predicted molar refractivity (Wildman–Crippen MR) is 71.3 cm³/mol. The van der Waals surface area contributed by atoms with E-state index in [0.29, 0.717) is 12.2 Å². The monoisotopic (exact) mass is 248 g/mol. The number of carbonyl (C=O) groups excluding carboxylic acids is 1. The van der Waals surface area contributed by atoms with Crippen LogP contribution in [0.2, 0.25) is 0 Å². The van der Waals surface area contributed by atoms with Crippen molar-refractivity contribution in [1.82, 2.24) is 10.2 Å². The number of hydrogen-bond acceptors (Lipinski definition) is 4. The lowest BCUT2D eigenvalue weighted by molar-refractivity contribution is 0.101. The van der Waals surface area contributed by atoms with Gasteiger partial charge in [-0.1, -0.05) is 12.1 Å². The van der Waals surface area contributed by atoms with Crippen LogP contribution in [0.25, 0.3) is 0 Å². The van der Waals surface area contributed by atoms with E-state index in [2.05, 4.69) is 10.2 Å². The highest BCUT2D eigenvalue weighted by Crippen LogP contribution is 2.13. The minimum atomic E-state index is 0.0718. The highest BCUT2D eigenvalue weighted by molar-refractivity contribution is 5.94. The molecule has 1 fully saturated rings. The summed E-state index contributed by atoms with van der Waals surface area (Å²) in [6.45, 7) is 7.44. The van der Waals surface area contributed by atoms with Gasteiger partial charge < -0.3 is 10.1 Å². The maximum atomic E-state index is 11.2. The van der Waals surface area contributed by atoms with Crippen molar-refractivity contribution in [3.8, 4) is 5.75 Å². The van der Waals surface area contributed by atoms with Gasteiger partial charge in [-0.3, -0.25) is 9.69 Å². The van der Waals surface area contributed by atoms with Gasteiger partial charge >= 0.3 is 0 Å². The SMILES string of the molecule is CC(=O)c1cccc(OCCN2CCNCC2)c1. The van der Waals surface area contributed by atoms with Gasteiger partial charge in [-0.2, -0.15) is 0 Å². The molecule has 1 aliphatic heterocycles. The molecule has 0 atom stereocenters. The first-order valence-electron chi connectivity index (χ1n) is 6.42. The summed E-state index contributed by atoms with van der Waals surface area (Å²) in [7, 11) is 0. The summed E-state index contributed by atoms with van der Waals surface area (Å²) in [5.74, 6) is 0.848. The van der Waals surface area contributed by atoms with Crippen LogP contribution >= 0.6 is 0 Å². The van der Waals surface area contributed by atoms with Gasteiger partial charge in [-0.15, -0.1) is 0 Å². The molecular weight excluding hydrogens is 228 g/mol. The summed E-state index contributed by atoms with van der Waals surface area (Å²) in [5.41, 5.74) is 0.703. The second kappa shape index (κ2) is 6.52. The fraction of sp³-hybridized carbons (Fsp3) is 0.500. The van der Waals surface area contributed by atoms with Gasteiger partial charge in [0.2, 0.25) is 0 Å². The van der Waals surface area contributed by atoms with Crippen LogP contribution in [0.3, 0.4) is 0 Å². The van der Waals surface area contributed by atoms with E-state index in [-0.39, 0.29) is 5.78 Å². The Morgan fingerprint density at radius 1 is 1.39 bits per heavy atom. The third kappa shape index (κ3) is 3.82. The number of piperazine rings is 1. The van der Waals surface area contributed by atoms with Gasteiger partial charge in [0.25, 0.3) is 0 Å². The van der Waals surface area contributed by atoms with Gasteiger partial charge in [0, 0.05) is 38.3 Å². The Labute approximate surface area is 108 Å². The number of hydrogen-bond donors (Lipinski definition) is 1. The van der Waals surface area contributed by atoms with Gasteiger partial charge in [0.1, 0.15) is 12.4 Å². The van der Waals surface area contributed by atoms with Crippen molar-refractivity contribution in [1.29, 1.82) is 0 Å². The fourth-order valence-corrected chi connectivity index (χ4v) is 2.03. The van der Waals surface area contributed by atoms with Gasteiger partial charge in [0.15, 0.2) is 5.78 Å². The Morgan fingerprint density at radius 2 is 2.17 bits per heavy atom. The molecule has 1 saturated heterocycles. The van der Waals surface area contributed by atoms with E-state index in [4.69, 9.17) is 4.74 Å². The molecule has 0 aliphatic carbocycles. The van der Waals surface area contributed by atoms with Crippen LogP contribution < -0.4 is 10.1 Å². The molecule has 18 heavy (non-hydrogen) atoms. The van der Waals surface area contributed by atoms with E-state index in [1.807, 2.05) is 18.2 Å². The fourth-order valence-electron chi connectivity index (χ4n) is 2.03. The highest BCUT2D eigenvalue weighted by Gasteiger charge is 2.09. The zero-order chi connectivity index (χ0) is 12.8. The molecule has 0 amide bonds. The molecule has 0 unspecified atom stereocenters. The molecular formula is C14H20N2O2. The predicted octanol–water partition coefficient (Wildman–Crippen LogP) is 1.17. The van der Waals surface area contributed by atoms with E-state index >= 15 is 0 Å². The topological polar surface area (TPSA) is 41.6 Å². The van der Waals surface area contributed by atoms with E-state index in [0.717, 1.165) is 38.5 Å². The van der Waals surface area contributed by atoms with Crippen molar-refractivity contribution in [2.24, 2.45) is 0 Å². The van der Waals surface area contributed by atoms with E-state index < -0.39 is 0 Å². The van der Waals surface area contributed by atoms with E-state index in [1.165, 1.54) is 0 Å². The van der Waals surface area contributed by atoms with Crippen LogP contribution in [0.1, 0.15) is 17.3 Å². The lowest BCUT2D eigenvalue weighted by Gasteiger charge is -2.26. The number of carbonyl (C=O) groups is 1. The molecule has 2 rings (SSSR count). The average molecular weight is 248 g/mol. The summed E-state index contributed by atoms with van der Waals surface area (Å²) in [6, 6.07) is 7.37. The molecule has 0 bridgehead atoms. The van der Waals surface area contributed by atoms with E-state index in [1.54, 1.807) is 13.0 Å². The van der Waals surface area contributed by atoms with Crippen LogP contribution in [0.4, 0.5) is 0 Å². The summed E-state index contributed by atoms with van der Waals surface area (Å²) < 4.78 is 5.69. The van der Waals surface area contributed by atoms with Crippen molar-refractivity contribution in [2.75, 3.05) is 39.3 Å². The van der Waals surface area contributed by atoms with Crippen molar-refractivity contribution < 1.29 is 9.53 Å². The van der Waals surface area contributed by atoms with Crippen LogP contribution in [0.5, 0.6) is 5.75 Å². The second-order valence-corrected chi connectivity index (χ2v) is 4.52. The Bertz CT molecular complexity index is 401. The standard InChI is InChI=1S/C14H20N2O2/c1-12(17)13-3-2-4-14(11-13)18-10-9-16-7-5-15-6-8-16/h2-4,11,15H,5-10H2,1H3. The first-order valence-corrected chi connectivity index (χ1v) is 6.42. The molecule has 4 heteroatoms. The Hall–Kier alpha value is -1.39. The number of ether oxygens (including phenoxy) is 1. The van der Waals surface area contributed by atoms with Crippen LogP contribution in [0, 0.1) is 0 Å². The first kappa shape index (κ1) is 13.1. The smallest absolute Gasteiger partial charge is 0.159 e. The van der Waals surface area contributed by atoms with Crippen molar-refractivity contribution >= 4 is 5.78 Å². The van der Waals surface area contributed by atoms with Crippen LogP contribution in [-0.4, -0.2) is 50.0 Å². The maximum absolute atomic E-state index is 11.2. The molecule has 1 aromatic rings. The second-order valence-electron chi connectivity index (χ2n) is 4.52. The van der Waals surface area contributed by atoms with Crippen molar-refractivity contribution in [3.05, 3.63) is 29.8 Å². The average Bonchev–Trinajstić information content (AvgIpc) is 2.40. The zero-order valence-corrected chi connectivity index (χ0v) is 10.8. The maximum Gasteiger partial charge on any atom is 0.159 e. The Kier molecular flexibility index (Phi) is 4.73. The highest BCUT2D eigenvalue weighted by atomic mass is 16.5. The van der Waals surface area contributed by atoms with E-state index in [9.17, 15) is 4.79 Å². The number of rotatable bonds is 5. The quantitative estimate of drug-likeness (QED) is 0.794. The normalized spacial score (nSPS) is 16.5. The van der Waals surface area contributed by atoms with Crippen molar-refractivity contribution in [2.45, 2.75) is 6.92 Å². The van der Waals surface area contributed by atoms with Gasteiger partial charge in [-0.25, -0.2) is 0 Å². The first-order chi connectivity index (χ1) is 8.75. The molecule has 1 heterocycles. The lowest BCUT2D eigenvalue weighted by Crippen LogP contribution is -2.44. The molecule has 0 aromatic heterocycles. The molecule has 0 spiro atoms. The van der Waals surface area contributed by atoms with Crippen molar-refractivity contribution in [3.63, 3.8) is 0 Å². The number of nitrogens with one attached hydrogen (secondary N) is 1. The third-order valence-corrected chi connectivity index (χ3v) is 3.13. The zero-order valence-electron chi connectivity index (χ0n) is 10.8. The summed E-state index contributed by atoms with van der Waals surface area (Å²) in [4.78, 5) is 13.6. The number of benzene rings is 1. The summed E-state index contributed by atoms with van der Waals surface area (Å²) in [6.07, 6.45) is 0. The Morgan fingerprint density at radius 3 is 2.89 bits per heavy atom. The van der Waals surface area contributed by atoms with Gasteiger partial charge in [0.05, 0.1) is 0 Å². The number of ketones is 1. The Balaban J connectivity index is 1.78. The summed E-state index contributed by atoms with van der Waals surface area (Å²) in [5, 5.41) is 3.32. The minimum absolute atomic E-state index is 0.0718. The largest absolute Gasteiger partial charge is 0.492 e. The van der Waals surface area contributed by atoms with Crippen LogP contribution in [0.15, 0.2) is 24.3 Å². The minimum Gasteiger partial charge on any atom is -0.492 e.